The minimum absolute atomic E-state index is 1.38. The van der Waals surface area contributed by atoms with E-state index in [0.717, 1.165) is 0 Å². The van der Waals surface area contributed by atoms with Crippen LogP contribution < -0.4 is 21.2 Å². The Morgan fingerprint density at radius 2 is 0.538 bits per heavy atom. The van der Waals surface area contributed by atoms with Crippen LogP contribution in [-0.4, -0.2) is 0 Å². The molecular weight excluding hydrogens is 446 g/mol. The van der Waals surface area contributed by atoms with E-state index in [0.29, 0.717) is 0 Å². The van der Waals surface area contributed by atoms with Gasteiger partial charge in [-0.05, 0) is 0 Å². The molecule has 0 fully saturated rings. The molecule has 4 aromatic rings. The van der Waals surface area contributed by atoms with Gasteiger partial charge < -0.3 is 0 Å². The summed E-state index contributed by atoms with van der Waals surface area (Å²) >= 11 is 2.80. The van der Waals surface area contributed by atoms with Gasteiger partial charge in [-0.2, -0.15) is 0 Å². The van der Waals surface area contributed by atoms with Gasteiger partial charge >= 0.3 is 169 Å². The topological polar surface area (TPSA) is 0 Å². The molecule has 0 saturated carbocycles. The van der Waals surface area contributed by atoms with E-state index in [1.165, 1.54) is 21.2 Å². The number of hydrogen-bond donors (Lipinski definition) is 0. The fourth-order valence-corrected chi connectivity index (χ4v) is 12.3. The van der Waals surface area contributed by atoms with Gasteiger partial charge in [-0.25, -0.2) is 0 Å². The van der Waals surface area contributed by atoms with E-state index in [1.54, 1.807) is 0 Å². The molecule has 0 N–H and O–H groups in total. The van der Waals surface area contributed by atoms with Crippen LogP contribution in [0.1, 0.15) is 0 Å². The average Bonchev–Trinajstić information content (AvgIpc) is 2.76. The maximum absolute atomic E-state index is 2.85. The zero-order chi connectivity index (χ0) is 17.9. The van der Waals surface area contributed by atoms with Crippen LogP contribution in [0.5, 0.6) is 0 Å². The molecular formula is C24H20IP. The van der Waals surface area contributed by atoms with Gasteiger partial charge in [0.2, 0.25) is 0 Å². The number of halogens is 1. The van der Waals surface area contributed by atoms with Gasteiger partial charge in [0.05, 0.1) is 0 Å². The van der Waals surface area contributed by atoms with E-state index in [2.05, 4.69) is 143 Å². The van der Waals surface area contributed by atoms with Crippen LogP contribution in [0.2, 0.25) is 0 Å². The van der Waals surface area contributed by atoms with Crippen molar-refractivity contribution in [2.75, 3.05) is 0 Å². The summed E-state index contributed by atoms with van der Waals surface area (Å²) in [5, 5.41) is 5.51. The third-order valence-electron chi connectivity index (χ3n) is 4.96. The van der Waals surface area contributed by atoms with Crippen molar-refractivity contribution in [1.29, 1.82) is 0 Å². The Bertz CT molecular complexity index is 814. The first kappa shape index (κ1) is 17.5. The molecule has 0 bridgehead atoms. The molecule has 0 spiro atoms. The molecule has 2 heteroatoms. The fourth-order valence-electron chi connectivity index (χ4n) is 3.73. The Kier molecular flexibility index (Phi) is 4.69. The second kappa shape index (κ2) is 6.98. The molecule has 0 amide bonds. The zero-order valence-corrected chi connectivity index (χ0v) is 17.4. The van der Waals surface area contributed by atoms with Crippen molar-refractivity contribution >= 4 is 47.5 Å². The van der Waals surface area contributed by atoms with Crippen molar-refractivity contribution in [3.63, 3.8) is 0 Å². The van der Waals surface area contributed by atoms with Crippen molar-refractivity contribution < 1.29 is 0 Å². The molecule has 0 saturated heterocycles. The Morgan fingerprint density at radius 1 is 0.346 bits per heavy atom. The van der Waals surface area contributed by atoms with Gasteiger partial charge in [-0.15, -0.1) is 0 Å². The normalized spacial score (nSPS) is 12.9. The second-order valence-electron chi connectivity index (χ2n) is 6.35. The van der Waals surface area contributed by atoms with Crippen LogP contribution in [-0.2, 0) is 0 Å². The monoisotopic (exact) mass is 466 g/mol. The van der Waals surface area contributed by atoms with Crippen LogP contribution in [0.4, 0.5) is 0 Å². The molecule has 0 nitrogen and oxygen atoms in total. The number of hydrogen-bond acceptors (Lipinski definition) is 0. The molecule has 0 atom stereocenters. The van der Waals surface area contributed by atoms with E-state index >= 15 is 0 Å². The molecule has 0 heterocycles. The summed E-state index contributed by atoms with van der Waals surface area (Å²) in [5.41, 5.74) is 0. The predicted molar refractivity (Wildman–Crippen MR) is 125 cm³/mol. The minimum atomic E-state index is -2.85. The SMILES string of the molecule is IP(c1ccccc1)(c1ccccc1)(c1ccccc1)c1ccccc1. The first-order valence-corrected chi connectivity index (χ1v) is 13.7. The average molecular weight is 466 g/mol. The van der Waals surface area contributed by atoms with Gasteiger partial charge in [0.15, 0.2) is 0 Å². The third-order valence-corrected chi connectivity index (χ3v) is 16.7. The summed E-state index contributed by atoms with van der Waals surface area (Å²) in [7, 11) is 0. The summed E-state index contributed by atoms with van der Waals surface area (Å²) < 4.78 is -2.85. The molecule has 0 aliphatic heterocycles. The van der Waals surface area contributed by atoms with Gasteiger partial charge in [0, 0.05) is 0 Å². The molecule has 0 radical (unpaired) electrons. The Balaban J connectivity index is 2.23. The predicted octanol–water partition coefficient (Wildman–Crippen LogP) is 5.19. The fraction of sp³-hybridized carbons (Fsp3) is 0. The van der Waals surface area contributed by atoms with Gasteiger partial charge in [0.25, 0.3) is 0 Å². The molecule has 0 unspecified atom stereocenters. The van der Waals surface area contributed by atoms with Crippen LogP contribution in [0.25, 0.3) is 0 Å². The summed E-state index contributed by atoms with van der Waals surface area (Å²) in [6, 6.07) is 44.0. The first-order chi connectivity index (χ1) is 12.7. The quantitative estimate of drug-likeness (QED) is 0.287. The van der Waals surface area contributed by atoms with E-state index < -0.39 is 4.25 Å². The van der Waals surface area contributed by atoms with E-state index in [9.17, 15) is 0 Å². The summed E-state index contributed by atoms with van der Waals surface area (Å²) in [5.74, 6) is 0. The van der Waals surface area contributed by atoms with Gasteiger partial charge in [-0.1, -0.05) is 0 Å². The van der Waals surface area contributed by atoms with Crippen molar-refractivity contribution in [2.45, 2.75) is 0 Å². The van der Waals surface area contributed by atoms with E-state index in [-0.39, 0.29) is 0 Å². The number of benzene rings is 4. The Hall–Kier alpha value is -1.96. The van der Waals surface area contributed by atoms with Crippen LogP contribution in [0.15, 0.2) is 121 Å². The molecule has 26 heavy (non-hydrogen) atoms. The van der Waals surface area contributed by atoms with Crippen LogP contribution in [0, 0.1) is 0 Å². The first-order valence-electron chi connectivity index (χ1n) is 8.71. The zero-order valence-electron chi connectivity index (χ0n) is 14.4. The molecule has 0 aliphatic carbocycles. The number of rotatable bonds is 4. The van der Waals surface area contributed by atoms with Gasteiger partial charge in [0.1, 0.15) is 0 Å². The molecule has 4 rings (SSSR count). The Morgan fingerprint density at radius 3 is 0.731 bits per heavy atom. The van der Waals surface area contributed by atoms with Crippen molar-refractivity contribution in [2.24, 2.45) is 0 Å². The standard InChI is InChI=1S/C24H20IP/c25-26(21-13-5-1-6-14-21,22-15-7-2-8-16-22,23-17-9-3-10-18-23)24-19-11-4-12-20-24/h1-20H. The summed E-state index contributed by atoms with van der Waals surface area (Å²) in [4.78, 5) is 0. The van der Waals surface area contributed by atoms with E-state index in [4.69, 9.17) is 0 Å². The summed E-state index contributed by atoms with van der Waals surface area (Å²) in [6.45, 7) is 0. The van der Waals surface area contributed by atoms with Crippen LogP contribution in [0.3, 0.4) is 0 Å². The van der Waals surface area contributed by atoms with E-state index in [1.807, 2.05) is 0 Å². The van der Waals surface area contributed by atoms with Crippen molar-refractivity contribution in [3.05, 3.63) is 121 Å². The second-order valence-corrected chi connectivity index (χ2v) is 16.2. The van der Waals surface area contributed by atoms with Gasteiger partial charge in [-0.3, -0.25) is 0 Å². The maximum atomic E-state index is 2.80. The molecule has 128 valence electrons. The summed E-state index contributed by atoms with van der Waals surface area (Å²) in [6.07, 6.45) is 0. The third kappa shape index (κ3) is 2.53. The van der Waals surface area contributed by atoms with Crippen molar-refractivity contribution in [1.82, 2.24) is 0 Å². The molecule has 0 aliphatic rings. The van der Waals surface area contributed by atoms with Crippen molar-refractivity contribution in [3.8, 4) is 0 Å². The Labute approximate surface area is 168 Å². The van der Waals surface area contributed by atoms with Crippen LogP contribution >= 0.6 is 26.3 Å². The molecule has 4 aromatic carbocycles. The molecule has 0 aromatic heterocycles.